The van der Waals surface area contributed by atoms with Gasteiger partial charge in [-0.3, -0.25) is 14.7 Å². The first-order valence-electron chi connectivity index (χ1n) is 9.77. The smallest absolute Gasteiger partial charge is 0.240 e. The number of carbonyl (C=O) groups excluding carboxylic acids is 1. The van der Waals surface area contributed by atoms with Gasteiger partial charge in [0, 0.05) is 32.0 Å². The lowest BCUT2D eigenvalue weighted by molar-refractivity contribution is -0.139. The van der Waals surface area contributed by atoms with Crippen molar-refractivity contribution in [1.29, 1.82) is 0 Å². The number of amides is 1. The standard InChI is InChI=1S/C22H27N3O2/c1-24-15-19-7-3-2-6-18(19)13-21(24)22(26)25-11-8-20(9-12-25)27-16-17-5-4-10-23-14-17/h2-7,10,14,20-21H,8-9,11-13,15-16H2,1H3/t21-/m1/s1. The molecule has 0 spiro atoms. The van der Waals surface area contributed by atoms with E-state index < -0.39 is 0 Å². The predicted octanol–water partition coefficient (Wildman–Crippen LogP) is 2.65. The van der Waals surface area contributed by atoms with Gasteiger partial charge in [-0.25, -0.2) is 0 Å². The van der Waals surface area contributed by atoms with Crippen LogP contribution in [-0.2, 0) is 29.1 Å². The molecule has 1 aromatic carbocycles. The molecule has 5 nitrogen and oxygen atoms in total. The average Bonchev–Trinajstić information content (AvgIpc) is 2.72. The molecule has 1 aromatic heterocycles. The Morgan fingerprint density at radius 1 is 1.15 bits per heavy atom. The zero-order valence-corrected chi connectivity index (χ0v) is 15.9. The van der Waals surface area contributed by atoms with Crippen molar-refractivity contribution in [2.45, 2.75) is 44.6 Å². The first-order valence-corrected chi connectivity index (χ1v) is 9.77. The maximum Gasteiger partial charge on any atom is 0.240 e. The second kappa shape index (κ2) is 8.19. The summed E-state index contributed by atoms with van der Waals surface area (Å²) in [5, 5.41) is 0. The number of likely N-dealkylation sites (N-methyl/N-ethyl adjacent to an activating group) is 1. The number of carbonyl (C=O) groups is 1. The monoisotopic (exact) mass is 365 g/mol. The molecule has 5 heteroatoms. The molecule has 27 heavy (non-hydrogen) atoms. The first-order chi connectivity index (χ1) is 13.2. The number of likely N-dealkylation sites (tertiary alicyclic amines) is 1. The van der Waals surface area contributed by atoms with E-state index in [9.17, 15) is 4.79 Å². The third-order valence-electron chi connectivity index (χ3n) is 5.73. The van der Waals surface area contributed by atoms with Crippen LogP contribution in [0.15, 0.2) is 48.8 Å². The van der Waals surface area contributed by atoms with Crippen LogP contribution in [0.3, 0.4) is 0 Å². The van der Waals surface area contributed by atoms with Crippen molar-refractivity contribution in [3.63, 3.8) is 0 Å². The molecule has 1 fully saturated rings. The Morgan fingerprint density at radius 2 is 1.93 bits per heavy atom. The number of rotatable bonds is 4. The van der Waals surface area contributed by atoms with E-state index in [1.807, 2.05) is 23.2 Å². The van der Waals surface area contributed by atoms with E-state index in [0.717, 1.165) is 44.5 Å². The van der Waals surface area contributed by atoms with Crippen LogP contribution in [0.2, 0.25) is 0 Å². The third-order valence-corrected chi connectivity index (χ3v) is 5.73. The Kier molecular flexibility index (Phi) is 5.50. The van der Waals surface area contributed by atoms with Gasteiger partial charge in [-0.2, -0.15) is 0 Å². The normalized spacial score (nSPS) is 21.1. The van der Waals surface area contributed by atoms with Crippen LogP contribution in [-0.4, -0.2) is 53.0 Å². The number of piperidine rings is 1. The Morgan fingerprint density at radius 3 is 2.67 bits per heavy atom. The van der Waals surface area contributed by atoms with E-state index in [2.05, 4.69) is 41.2 Å². The predicted molar refractivity (Wildman–Crippen MR) is 104 cm³/mol. The summed E-state index contributed by atoms with van der Waals surface area (Å²) < 4.78 is 6.02. The number of hydrogen-bond donors (Lipinski definition) is 0. The summed E-state index contributed by atoms with van der Waals surface area (Å²) in [6.45, 7) is 3.00. The molecule has 0 aliphatic carbocycles. The van der Waals surface area contributed by atoms with E-state index in [4.69, 9.17) is 4.74 Å². The number of pyridine rings is 1. The molecule has 2 aliphatic heterocycles. The zero-order chi connectivity index (χ0) is 18.6. The Balaban J connectivity index is 1.30. The van der Waals surface area contributed by atoms with Gasteiger partial charge in [-0.1, -0.05) is 30.3 Å². The minimum atomic E-state index is -0.0484. The SMILES string of the molecule is CN1Cc2ccccc2C[C@@H]1C(=O)N1CCC(OCc2cccnc2)CC1. The molecule has 0 bridgehead atoms. The fourth-order valence-electron chi connectivity index (χ4n) is 4.08. The Labute approximate surface area is 161 Å². The molecule has 1 atom stereocenters. The quantitative estimate of drug-likeness (QED) is 0.836. The maximum atomic E-state index is 13.1. The molecule has 0 saturated carbocycles. The van der Waals surface area contributed by atoms with E-state index in [-0.39, 0.29) is 18.1 Å². The van der Waals surface area contributed by atoms with Gasteiger partial charge in [0.15, 0.2) is 0 Å². The Bertz CT molecular complexity index is 772. The average molecular weight is 365 g/mol. The first kappa shape index (κ1) is 18.1. The van der Waals surface area contributed by atoms with Gasteiger partial charge in [-0.15, -0.1) is 0 Å². The van der Waals surface area contributed by atoms with Crippen molar-refractivity contribution in [1.82, 2.24) is 14.8 Å². The summed E-state index contributed by atoms with van der Waals surface area (Å²) >= 11 is 0. The van der Waals surface area contributed by atoms with Gasteiger partial charge < -0.3 is 9.64 Å². The van der Waals surface area contributed by atoms with E-state index in [1.165, 1.54) is 11.1 Å². The highest BCUT2D eigenvalue weighted by Crippen LogP contribution is 2.24. The van der Waals surface area contributed by atoms with Gasteiger partial charge in [0.1, 0.15) is 0 Å². The topological polar surface area (TPSA) is 45.7 Å². The molecule has 0 N–H and O–H groups in total. The number of benzene rings is 1. The zero-order valence-electron chi connectivity index (χ0n) is 15.9. The largest absolute Gasteiger partial charge is 0.373 e. The van der Waals surface area contributed by atoms with Crippen LogP contribution in [0.4, 0.5) is 0 Å². The van der Waals surface area contributed by atoms with Gasteiger partial charge in [-0.05, 0) is 49.1 Å². The number of hydrogen-bond acceptors (Lipinski definition) is 4. The molecule has 1 amide bonds. The molecule has 4 rings (SSSR count). The molecule has 2 aliphatic rings. The molecular formula is C22H27N3O2. The molecule has 142 valence electrons. The maximum absolute atomic E-state index is 13.1. The summed E-state index contributed by atoms with van der Waals surface area (Å²) in [5.74, 6) is 0.262. The molecule has 1 saturated heterocycles. The summed E-state index contributed by atoms with van der Waals surface area (Å²) in [4.78, 5) is 21.4. The van der Waals surface area contributed by atoms with Crippen LogP contribution < -0.4 is 0 Å². The van der Waals surface area contributed by atoms with Crippen molar-refractivity contribution in [2.24, 2.45) is 0 Å². The fraction of sp³-hybridized carbons (Fsp3) is 0.455. The summed E-state index contributed by atoms with van der Waals surface area (Å²) in [5.41, 5.74) is 3.74. The van der Waals surface area contributed by atoms with E-state index in [0.29, 0.717) is 6.61 Å². The number of fused-ring (bicyclic) bond motifs is 1. The van der Waals surface area contributed by atoms with Crippen molar-refractivity contribution in [3.05, 3.63) is 65.5 Å². The number of ether oxygens (including phenoxy) is 1. The van der Waals surface area contributed by atoms with Crippen molar-refractivity contribution in [3.8, 4) is 0 Å². The van der Waals surface area contributed by atoms with Crippen LogP contribution >= 0.6 is 0 Å². The second-order valence-corrected chi connectivity index (χ2v) is 7.60. The lowest BCUT2D eigenvalue weighted by Gasteiger charge is -2.39. The van der Waals surface area contributed by atoms with E-state index in [1.54, 1.807) is 6.20 Å². The van der Waals surface area contributed by atoms with Gasteiger partial charge in [0.25, 0.3) is 0 Å². The number of aromatic nitrogens is 1. The third kappa shape index (κ3) is 4.20. The minimum Gasteiger partial charge on any atom is -0.373 e. The second-order valence-electron chi connectivity index (χ2n) is 7.60. The summed E-state index contributed by atoms with van der Waals surface area (Å²) in [6.07, 6.45) is 6.45. The van der Waals surface area contributed by atoms with Crippen molar-refractivity contribution >= 4 is 5.91 Å². The highest BCUT2D eigenvalue weighted by atomic mass is 16.5. The number of nitrogens with zero attached hydrogens (tertiary/aromatic N) is 3. The fourth-order valence-corrected chi connectivity index (χ4v) is 4.08. The molecule has 0 unspecified atom stereocenters. The van der Waals surface area contributed by atoms with Gasteiger partial charge >= 0.3 is 0 Å². The molecule has 3 heterocycles. The lowest BCUT2D eigenvalue weighted by atomic mass is 9.93. The van der Waals surface area contributed by atoms with Crippen LogP contribution in [0, 0.1) is 0 Å². The minimum absolute atomic E-state index is 0.0484. The highest BCUT2D eigenvalue weighted by molar-refractivity contribution is 5.82. The summed E-state index contributed by atoms with van der Waals surface area (Å²) in [7, 11) is 2.06. The van der Waals surface area contributed by atoms with Crippen LogP contribution in [0.25, 0.3) is 0 Å². The molecular weight excluding hydrogens is 338 g/mol. The Hall–Kier alpha value is -2.24. The van der Waals surface area contributed by atoms with Crippen LogP contribution in [0.5, 0.6) is 0 Å². The van der Waals surface area contributed by atoms with Crippen LogP contribution in [0.1, 0.15) is 29.5 Å². The highest BCUT2D eigenvalue weighted by Gasteiger charge is 2.33. The van der Waals surface area contributed by atoms with Crippen molar-refractivity contribution < 1.29 is 9.53 Å². The molecule has 2 aromatic rings. The van der Waals surface area contributed by atoms with Gasteiger partial charge in [0.2, 0.25) is 5.91 Å². The van der Waals surface area contributed by atoms with E-state index >= 15 is 0 Å². The summed E-state index contributed by atoms with van der Waals surface area (Å²) in [6, 6.07) is 12.4. The van der Waals surface area contributed by atoms with Crippen molar-refractivity contribution in [2.75, 3.05) is 20.1 Å². The van der Waals surface area contributed by atoms with Gasteiger partial charge in [0.05, 0.1) is 18.8 Å². The lowest BCUT2D eigenvalue weighted by Crippen LogP contribution is -2.52. The molecule has 0 radical (unpaired) electrons.